The van der Waals surface area contributed by atoms with Crippen LogP contribution < -0.4 is 4.90 Å². The van der Waals surface area contributed by atoms with Gasteiger partial charge in [0.15, 0.2) is 5.60 Å². The van der Waals surface area contributed by atoms with E-state index in [0.29, 0.717) is 17.5 Å². The summed E-state index contributed by atoms with van der Waals surface area (Å²) in [6.45, 7) is 5.24. The van der Waals surface area contributed by atoms with E-state index in [2.05, 4.69) is 0 Å². The van der Waals surface area contributed by atoms with Crippen LogP contribution in [0.25, 0.3) is 0 Å². The standard InChI is InChI=1S/C21H25NO3/c1-6-15-14-17(22(4)5)12-13-18(15)20(24)25-21(2,3)19(23)16-10-8-7-9-11-16/h7-14H,6H2,1-5H3. The lowest BCUT2D eigenvalue weighted by Crippen LogP contribution is -2.37. The fourth-order valence-electron chi connectivity index (χ4n) is 2.62. The molecule has 0 N–H and O–H groups in total. The second kappa shape index (κ2) is 7.51. The summed E-state index contributed by atoms with van der Waals surface area (Å²) in [6.07, 6.45) is 0.708. The second-order valence-electron chi connectivity index (χ2n) is 6.68. The number of esters is 1. The van der Waals surface area contributed by atoms with Crippen LogP contribution in [0.15, 0.2) is 48.5 Å². The van der Waals surface area contributed by atoms with Crippen molar-refractivity contribution in [1.29, 1.82) is 0 Å². The average Bonchev–Trinajstić information content (AvgIpc) is 2.60. The molecule has 0 atom stereocenters. The van der Waals surface area contributed by atoms with Crippen molar-refractivity contribution in [3.05, 3.63) is 65.2 Å². The quantitative estimate of drug-likeness (QED) is 0.586. The third-order valence-electron chi connectivity index (χ3n) is 4.14. The van der Waals surface area contributed by atoms with Gasteiger partial charge in [-0.05, 0) is 44.0 Å². The highest BCUT2D eigenvalue weighted by Crippen LogP contribution is 2.23. The highest BCUT2D eigenvalue weighted by atomic mass is 16.6. The zero-order valence-corrected chi connectivity index (χ0v) is 15.5. The zero-order valence-electron chi connectivity index (χ0n) is 15.5. The van der Waals surface area contributed by atoms with Gasteiger partial charge < -0.3 is 9.64 Å². The van der Waals surface area contributed by atoms with Crippen LogP contribution in [-0.4, -0.2) is 31.4 Å². The lowest BCUT2D eigenvalue weighted by molar-refractivity contribution is 0.00365. The van der Waals surface area contributed by atoms with Gasteiger partial charge in [0, 0.05) is 25.3 Å². The number of ether oxygens (including phenoxy) is 1. The van der Waals surface area contributed by atoms with Gasteiger partial charge in [0.25, 0.3) is 0 Å². The summed E-state index contributed by atoms with van der Waals surface area (Å²) in [4.78, 5) is 27.3. The normalized spacial score (nSPS) is 11.1. The van der Waals surface area contributed by atoms with Crippen LogP contribution in [0.3, 0.4) is 0 Å². The summed E-state index contributed by atoms with van der Waals surface area (Å²) in [7, 11) is 3.91. The van der Waals surface area contributed by atoms with E-state index in [0.717, 1.165) is 11.3 Å². The van der Waals surface area contributed by atoms with E-state index in [-0.39, 0.29) is 5.78 Å². The Kier molecular flexibility index (Phi) is 5.62. The van der Waals surface area contributed by atoms with E-state index in [1.54, 1.807) is 44.2 Å². The predicted molar refractivity (Wildman–Crippen MR) is 100 cm³/mol. The van der Waals surface area contributed by atoms with Gasteiger partial charge in [-0.15, -0.1) is 0 Å². The maximum Gasteiger partial charge on any atom is 0.339 e. The van der Waals surface area contributed by atoms with Crippen LogP contribution in [0.4, 0.5) is 5.69 Å². The zero-order chi connectivity index (χ0) is 18.6. The molecule has 0 amide bonds. The smallest absolute Gasteiger partial charge is 0.339 e. The molecule has 0 bridgehead atoms. The first-order valence-electron chi connectivity index (χ1n) is 8.39. The molecular formula is C21H25NO3. The van der Waals surface area contributed by atoms with Crippen LogP contribution in [0.5, 0.6) is 0 Å². The molecule has 2 rings (SSSR count). The molecule has 0 aliphatic rings. The van der Waals surface area contributed by atoms with Gasteiger partial charge in [0.05, 0.1) is 5.56 Å². The lowest BCUT2D eigenvalue weighted by Gasteiger charge is -2.24. The Morgan fingerprint density at radius 2 is 1.68 bits per heavy atom. The van der Waals surface area contributed by atoms with Gasteiger partial charge in [-0.2, -0.15) is 0 Å². The van der Waals surface area contributed by atoms with E-state index >= 15 is 0 Å². The number of Topliss-reactive ketones (excluding diaryl/α,β-unsaturated/α-hetero) is 1. The molecular weight excluding hydrogens is 314 g/mol. The number of carbonyl (C=O) groups excluding carboxylic acids is 2. The predicted octanol–water partition coefficient (Wildman–Crippen LogP) is 4.13. The minimum atomic E-state index is -1.23. The molecule has 0 heterocycles. The second-order valence-corrected chi connectivity index (χ2v) is 6.68. The lowest BCUT2D eigenvalue weighted by atomic mass is 9.96. The van der Waals surface area contributed by atoms with Crippen molar-refractivity contribution in [3.8, 4) is 0 Å². The molecule has 2 aromatic rings. The monoisotopic (exact) mass is 339 g/mol. The first kappa shape index (κ1) is 18.7. The van der Waals surface area contributed by atoms with Crippen molar-refractivity contribution in [1.82, 2.24) is 0 Å². The fraction of sp³-hybridized carbons (Fsp3) is 0.333. The van der Waals surface area contributed by atoms with Crippen LogP contribution >= 0.6 is 0 Å². The summed E-state index contributed by atoms with van der Waals surface area (Å²) in [6, 6.07) is 14.5. The number of anilines is 1. The Hall–Kier alpha value is -2.62. The van der Waals surface area contributed by atoms with Crippen LogP contribution in [0.1, 0.15) is 47.1 Å². The van der Waals surface area contributed by atoms with E-state index < -0.39 is 11.6 Å². The van der Waals surface area contributed by atoms with Crippen molar-refractivity contribution >= 4 is 17.4 Å². The Bertz CT molecular complexity index is 764. The number of ketones is 1. The molecule has 0 fully saturated rings. The SMILES string of the molecule is CCc1cc(N(C)C)ccc1C(=O)OC(C)(C)C(=O)c1ccccc1. The molecule has 132 valence electrons. The molecule has 25 heavy (non-hydrogen) atoms. The molecule has 0 spiro atoms. The van der Waals surface area contributed by atoms with Gasteiger partial charge in [-0.3, -0.25) is 4.79 Å². The minimum absolute atomic E-state index is 0.218. The highest BCUT2D eigenvalue weighted by Gasteiger charge is 2.33. The molecule has 0 saturated carbocycles. The maximum atomic E-state index is 12.7. The maximum absolute atomic E-state index is 12.7. The number of hydrogen-bond acceptors (Lipinski definition) is 4. The third kappa shape index (κ3) is 4.27. The molecule has 0 saturated heterocycles. The number of hydrogen-bond donors (Lipinski definition) is 0. The Labute approximate surface area is 149 Å². The Morgan fingerprint density at radius 3 is 2.24 bits per heavy atom. The van der Waals surface area contributed by atoms with E-state index in [1.165, 1.54) is 0 Å². The molecule has 0 aliphatic heterocycles. The molecule has 2 aromatic carbocycles. The number of rotatable bonds is 6. The van der Waals surface area contributed by atoms with E-state index in [4.69, 9.17) is 4.74 Å². The fourth-order valence-corrected chi connectivity index (χ4v) is 2.62. The number of benzene rings is 2. The highest BCUT2D eigenvalue weighted by molar-refractivity contribution is 6.04. The van der Waals surface area contributed by atoms with Crippen LogP contribution in [-0.2, 0) is 11.2 Å². The molecule has 0 unspecified atom stereocenters. The van der Waals surface area contributed by atoms with Gasteiger partial charge >= 0.3 is 5.97 Å². The van der Waals surface area contributed by atoms with Gasteiger partial charge in [-0.25, -0.2) is 4.79 Å². The van der Waals surface area contributed by atoms with Gasteiger partial charge in [-0.1, -0.05) is 37.3 Å². The van der Waals surface area contributed by atoms with Crippen molar-refractivity contribution in [2.24, 2.45) is 0 Å². The van der Waals surface area contributed by atoms with Gasteiger partial charge in [0.2, 0.25) is 5.78 Å². The summed E-state index contributed by atoms with van der Waals surface area (Å²) in [5, 5.41) is 0. The summed E-state index contributed by atoms with van der Waals surface area (Å²) < 4.78 is 5.58. The van der Waals surface area contributed by atoms with Crippen LogP contribution in [0, 0.1) is 0 Å². The molecule has 0 aromatic heterocycles. The number of aryl methyl sites for hydroxylation is 1. The van der Waals surface area contributed by atoms with Crippen molar-refractivity contribution in [2.75, 3.05) is 19.0 Å². The number of nitrogens with zero attached hydrogens (tertiary/aromatic N) is 1. The van der Waals surface area contributed by atoms with E-state index in [1.807, 2.05) is 44.1 Å². The molecule has 4 nitrogen and oxygen atoms in total. The largest absolute Gasteiger partial charge is 0.448 e. The van der Waals surface area contributed by atoms with Gasteiger partial charge in [0.1, 0.15) is 0 Å². The average molecular weight is 339 g/mol. The van der Waals surface area contributed by atoms with Crippen LogP contribution in [0.2, 0.25) is 0 Å². The topological polar surface area (TPSA) is 46.6 Å². The summed E-state index contributed by atoms with van der Waals surface area (Å²) in [5.41, 5.74) is 1.72. The molecule has 4 heteroatoms. The number of carbonyl (C=O) groups is 2. The first-order chi connectivity index (χ1) is 11.8. The van der Waals surface area contributed by atoms with Crippen molar-refractivity contribution in [2.45, 2.75) is 32.8 Å². The third-order valence-corrected chi connectivity index (χ3v) is 4.14. The summed E-state index contributed by atoms with van der Waals surface area (Å²) in [5.74, 6) is -0.694. The summed E-state index contributed by atoms with van der Waals surface area (Å²) >= 11 is 0. The first-order valence-corrected chi connectivity index (χ1v) is 8.39. The van der Waals surface area contributed by atoms with E-state index in [9.17, 15) is 9.59 Å². The molecule has 0 aliphatic carbocycles. The Balaban J connectivity index is 2.25. The Morgan fingerprint density at radius 1 is 1.04 bits per heavy atom. The van der Waals surface area contributed by atoms with Crippen molar-refractivity contribution in [3.63, 3.8) is 0 Å². The molecule has 0 radical (unpaired) electrons. The minimum Gasteiger partial charge on any atom is -0.448 e. The van der Waals surface area contributed by atoms with Crippen molar-refractivity contribution < 1.29 is 14.3 Å².